The van der Waals surface area contributed by atoms with Gasteiger partial charge in [0.2, 0.25) is 0 Å². The molecule has 4 rings (SSSR count). The van der Waals surface area contributed by atoms with Crippen molar-refractivity contribution in [1.29, 1.82) is 0 Å². The fraction of sp³-hybridized carbons (Fsp3) is 0.930. The van der Waals surface area contributed by atoms with Gasteiger partial charge in [-0.3, -0.25) is 0 Å². The molecule has 8 atom stereocenters. The number of ether oxygens (including phenoxy) is 1. The summed E-state index contributed by atoms with van der Waals surface area (Å²) in [6.45, 7) is 22.3. The molecule has 4 aliphatic rings. The van der Waals surface area contributed by atoms with Crippen molar-refractivity contribution in [3.8, 4) is 0 Å². The van der Waals surface area contributed by atoms with Crippen LogP contribution in [-0.4, -0.2) is 41.3 Å². The number of nitrogens with two attached hydrogens (primary N) is 2. The first-order chi connectivity index (χ1) is 22.4. The van der Waals surface area contributed by atoms with Crippen LogP contribution in [0, 0.1) is 46.3 Å². The van der Waals surface area contributed by atoms with Crippen molar-refractivity contribution < 1.29 is 9.53 Å². The minimum atomic E-state index is -0.301. The van der Waals surface area contributed by atoms with Gasteiger partial charge < -0.3 is 21.1 Å². The first-order valence-electron chi connectivity index (χ1n) is 20.7. The van der Waals surface area contributed by atoms with Crippen LogP contribution < -0.4 is 11.5 Å². The molecule has 0 aliphatic heterocycles. The van der Waals surface area contributed by atoms with E-state index in [1.165, 1.54) is 70.6 Å². The van der Waals surface area contributed by atoms with Gasteiger partial charge in [0.05, 0.1) is 0 Å². The van der Waals surface area contributed by atoms with Crippen LogP contribution in [0.25, 0.3) is 0 Å². The number of hydrogen-bond acceptors (Lipinski definition) is 4. The number of amides is 1. The van der Waals surface area contributed by atoms with Crippen molar-refractivity contribution in [1.82, 2.24) is 4.90 Å². The molecule has 0 heterocycles. The number of unbranched alkanes of at least 4 members (excludes halogenated alkanes) is 4. The molecule has 0 saturated heterocycles. The summed E-state index contributed by atoms with van der Waals surface area (Å²) in [4.78, 5) is 15.6. The van der Waals surface area contributed by atoms with E-state index in [-0.39, 0.29) is 28.7 Å². The van der Waals surface area contributed by atoms with E-state index in [1.54, 1.807) is 5.57 Å². The molecule has 5 nitrogen and oxygen atoms in total. The average Bonchev–Trinajstić information content (AvgIpc) is 3.34. The zero-order valence-corrected chi connectivity index (χ0v) is 33.2. The van der Waals surface area contributed by atoms with E-state index in [0.717, 1.165) is 87.0 Å². The van der Waals surface area contributed by atoms with E-state index in [2.05, 4.69) is 54.5 Å². The highest BCUT2D eigenvalue weighted by molar-refractivity contribution is 5.68. The Morgan fingerprint density at radius 1 is 0.854 bits per heavy atom. The Morgan fingerprint density at radius 3 is 2.23 bits per heavy atom. The molecule has 4 aliphatic carbocycles. The van der Waals surface area contributed by atoms with E-state index < -0.39 is 0 Å². The van der Waals surface area contributed by atoms with Crippen LogP contribution in [0.2, 0.25) is 0 Å². The van der Waals surface area contributed by atoms with Gasteiger partial charge in [-0.05, 0) is 138 Å². The molecule has 0 radical (unpaired) electrons. The van der Waals surface area contributed by atoms with Crippen molar-refractivity contribution in [2.45, 2.75) is 195 Å². The van der Waals surface area contributed by atoms with E-state index in [1.807, 2.05) is 18.7 Å². The van der Waals surface area contributed by atoms with Crippen LogP contribution in [-0.2, 0) is 4.74 Å². The second-order valence-corrected chi connectivity index (χ2v) is 19.8. The standard InChI is InChI=1S/C43H79N3O2/c1-31(2)16-15-17-32(3)36-20-21-37-35-19-18-33-30-34(22-25-42(33,8)38(35)23-26-43(36,37)9)48-39(47)46(29-27-41(6,7)45)28-14-12-10-11-13-24-40(4,5)44/h18,31-32,34-38H,10-17,19-30,44-45H2,1-9H3/t32-,34+,35+,36-,37+,38+,42+,43-/m1/s1. The van der Waals surface area contributed by atoms with Crippen LogP contribution >= 0.6 is 0 Å². The highest BCUT2D eigenvalue weighted by atomic mass is 16.6. The summed E-state index contributed by atoms with van der Waals surface area (Å²) in [7, 11) is 0. The van der Waals surface area contributed by atoms with Gasteiger partial charge in [0.25, 0.3) is 0 Å². The predicted octanol–water partition coefficient (Wildman–Crippen LogP) is 11.0. The molecule has 0 aromatic carbocycles. The molecule has 3 fully saturated rings. The molecule has 0 unspecified atom stereocenters. The van der Waals surface area contributed by atoms with Gasteiger partial charge in [0.15, 0.2) is 0 Å². The molecule has 0 spiro atoms. The zero-order valence-electron chi connectivity index (χ0n) is 33.2. The van der Waals surface area contributed by atoms with Crippen molar-refractivity contribution in [2.75, 3.05) is 13.1 Å². The van der Waals surface area contributed by atoms with Gasteiger partial charge >= 0.3 is 6.09 Å². The number of fused-ring (bicyclic) bond motifs is 5. The summed E-state index contributed by atoms with van der Waals surface area (Å²) < 4.78 is 6.35. The summed E-state index contributed by atoms with van der Waals surface area (Å²) >= 11 is 0. The first-order valence-corrected chi connectivity index (χ1v) is 20.7. The second-order valence-electron chi connectivity index (χ2n) is 19.8. The van der Waals surface area contributed by atoms with E-state index >= 15 is 0 Å². The third kappa shape index (κ3) is 10.3. The molecule has 1 amide bonds. The Balaban J connectivity index is 1.32. The molecule has 3 saturated carbocycles. The highest BCUT2D eigenvalue weighted by Crippen LogP contribution is 2.67. The lowest BCUT2D eigenvalue weighted by atomic mass is 9.47. The molecule has 4 N–H and O–H groups in total. The Morgan fingerprint density at radius 2 is 1.54 bits per heavy atom. The molecule has 48 heavy (non-hydrogen) atoms. The first kappa shape index (κ1) is 39.7. The lowest BCUT2D eigenvalue weighted by Gasteiger charge is -2.58. The Labute approximate surface area is 297 Å². The number of hydrogen-bond donors (Lipinski definition) is 2. The summed E-state index contributed by atoms with van der Waals surface area (Å²) in [5.41, 5.74) is 14.5. The summed E-state index contributed by atoms with van der Waals surface area (Å²) in [6.07, 6.45) is 24.3. The second kappa shape index (κ2) is 16.5. The van der Waals surface area contributed by atoms with Crippen molar-refractivity contribution in [3.63, 3.8) is 0 Å². The minimum Gasteiger partial charge on any atom is -0.446 e. The molecule has 0 aromatic heterocycles. The van der Waals surface area contributed by atoms with Gasteiger partial charge in [-0.15, -0.1) is 0 Å². The predicted molar refractivity (Wildman–Crippen MR) is 204 cm³/mol. The highest BCUT2D eigenvalue weighted by Gasteiger charge is 2.59. The molecule has 0 aromatic rings. The van der Waals surface area contributed by atoms with Crippen LogP contribution in [0.15, 0.2) is 11.6 Å². The third-order valence-electron chi connectivity index (χ3n) is 14.1. The van der Waals surface area contributed by atoms with Crippen molar-refractivity contribution in [2.24, 2.45) is 57.8 Å². The molecule has 5 heteroatoms. The van der Waals surface area contributed by atoms with Crippen molar-refractivity contribution >= 4 is 6.09 Å². The maximum absolute atomic E-state index is 13.6. The Hall–Kier alpha value is -1.07. The van der Waals surface area contributed by atoms with Gasteiger partial charge in [-0.25, -0.2) is 4.79 Å². The summed E-state index contributed by atoms with van der Waals surface area (Å²) in [5, 5.41) is 0. The smallest absolute Gasteiger partial charge is 0.410 e. The molecule has 0 bridgehead atoms. The van der Waals surface area contributed by atoms with E-state index in [4.69, 9.17) is 16.2 Å². The Bertz CT molecular complexity index is 1060. The lowest BCUT2D eigenvalue weighted by Crippen LogP contribution is -2.51. The minimum absolute atomic E-state index is 0.00205. The van der Waals surface area contributed by atoms with Gasteiger partial charge in [0, 0.05) is 30.6 Å². The van der Waals surface area contributed by atoms with Crippen LogP contribution in [0.4, 0.5) is 4.79 Å². The van der Waals surface area contributed by atoms with Crippen LogP contribution in [0.3, 0.4) is 0 Å². The average molecular weight is 670 g/mol. The van der Waals surface area contributed by atoms with Gasteiger partial charge in [-0.2, -0.15) is 0 Å². The monoisotopic (exact) mass is 670 g/mol. The largest absolute Gasteiger partial charge is 0.446 e. The lowest BCUT2D eigenvalue weighted by molar-refractivity contribution is -0.0594. The van der Waals surface area contributed by atoms with Gasteiger partial charge in [0.1, 0.15) is 6.10 Å². The SMILES string of the molecule is CC(C)CCC[C@@H](C)[C@H]1CC[C@H]2[C@@H]3CC=C4C[C@@H](OC(=O)N(CCCCCCCC(C)(C)N)CCC(C)(C)N)CC[C@]4(C)[C@H]3CC[C@]12C. The van der Waals surface area contributed by atoms with E-state index in [9.17, 15) is 4.79 Å². The number of nitrogens with zero attached hydrogens (tertiary/aromatic N) is 1. The zero-order chi connectivity index (χ0) is 35.3. The number of rotatable bonds is 17. The van der Waals surface area contributed by atoms with Gasteiger partial charge in [-0.1, -0.05) is 91.2 Å². The molecular weight excluding hydrogens is 590 g/mol. The number of carbonyl (C=O) groups is 1. The quantitative estimate of drug-likeness (QED) is 0.119. The maximum atomic E-state index is 13.6. The number of carbonyl (C=O) groups excluding carboxylic acids is 1. The van der Waals surface area contributed by atoms with Crippen LogP contribution in [0.5, 0.6) is 0 Å². The fourth-order valence-corrected chi connectivity index (χ4v) is 11.1. The topological polar surface area (TPSA) is 81.6 Å². The third-order valence-corrected chi connectivity index (χ3v) is 14.1. The summed E-state index contributed by atoms with van der Waals surface area (Å²) in [5.74, 6) is 5.09. The fourth-order valence-electron chi connectivity index (χ4n) is 11.1. The van der Waals surface area contributed by atoms with Crippen molar-refractivity contribution in [3.05, 3.63) is 11.6 Å². The normalized spacial score (nSPS) is 32.7. The number of allylic oxidation sites excluding steroid dienone is 1. The molecular formula is C43H79N3O2. The van der Waals surface area contributed by atoms with E-state index in [0.29, 0.717) is 12.0 Å². The maximum Gasteiger partial charge on any atom is 0.410 e. The van der Waals surface area contributed by atoms with Crippen LogP contribution in [0.1, 0.15) is 178 Å². The Kier molecular flexibility index (Phi) is 13.7. The molecule has 278 valence electrons. The summed E-state index contributed by atoms with van der Waals surface area (Å²) in [6, 6.07) is 0.